The number of methoxy groups -OCH3 is 1. The molecule has 3 heterocycles. The lowest BCUT2D eigenvalue weighted by Gasteiger charge is -2.04. The van der Waals surface area contributed by atoms with Crippen LogP contribution in [0.1, 0.15) is 5.56 Å². The summed E-state index contributed by atoms with van der Waals surface area (Å²) in [4.78, 5) is 29.6. The van der Waals surface area contributed by atoms with E-state index in [1.54, 1.807) is 41.2 Å². The number of benzene rings is 3. The molecule has 3 aromatic heterocycles. The van der Waals surface area contributed by atoms with Crippen molar-refractivity contribution in [1.82, 2.24) is 24.4 Å². The van der Waals surface area contributed by atoms with Crippen molar-refractivity contribution in [3.63, 3.8) is 0 Å². The second-order valence-corrected chi connectivity index (χ2v) is 10.0. The van der Waals surface area contributed by atoms with Crippen LogP contribution in [-0.2, 0) is 0 Å². The number of para-hydroxylation sites is 1. The lowest BCUT2D eigenvalue weighted by Crippen LogP contribution is -2.23. The van der Waals surface area contributed by atoms with Crippen LogP contribution in [0, 0.1) is 10.1 Å². The van der Waals surface area contributed by atoms with Crippen molar-refractivity contribution in [3.8, 4) is 39.8 Å². The minimum Gasteiger partial charge on any atom is -0.490 e. The van der Waals surface area contributed by atoms with Crippen molar-refractivity contribution >= 4 is 28.1 Å². The second kappa shape index (κ2) is 11.1. The van der Waals surface area contributed by atoms with Crippen molar-refractivity contribution in [2.75, 3.05) is 13.7 Å². The molecule has 0 saturated heterocycles. The molecule has 0 spiro atoms. The van der Waals surface area contributed by atoms with Gasteiger partial charge in [0, 0.05) is 29.0 Å². The fourth-order valence-corrected chi connectivity index (χ4v) is 5.26. The summed E-state index contributed by atoms with van der Waals surface area (Å²) in [6.45, 7) is 4.04. The van der Waals surface area contributed by atoms with Crippen LogP contribution in [0.3, 0.4) is 0 Å². The topological polar surface area (TPSA) is 127 Å². The number of rotatable bonds is 9. The van der Waals surface area contributed by atoms with E-state index in [1.807, 2.05) is 42.5 Å². The molecule has 42 heavy (non-hydrogen) atoms. The molecule has 6 rings (SSSR count). The Labute approximate surface area is 242 Å². The van der Waals surface area contributed by atoms with Crippen LogP contribution in [-0.4, -0.2) is 43.0 Å². The summed E-state index contributed by atoms with van der Waals surface area (Å²) in [5.74, 6) is 1.25. The van der Waals surface area contributed by atoms with Gasteiger partial charge >= 0.3 is 5.69 Å². The highest BCUT2D eigenvalue weighted by Gasteiger charge is 2.20. The molecule has 0 amide bonds. The normalized spacial score (nSPS) is 11.6. The van der Waals surface area contributed by atoms with Crippen LogP contribution in [0.15, 0.2) is 96.4 Å². The lowest BCUT2D eigenvalue weighted by atomic mass is 10.1. The van der Waals surface area contributed by atoms with Gasteiger partial charge in [0.05, 0.1) is 22.3 Å². The van der Waals surface area contributed by atoms with E-state index in [1.165, 1.54) is 35.1 Å². The molecular weight excluding hydrogens is 556 g/mol. The fourth-order valence-electron chi connectivity index (χ4n) is 4.36. The van der Waals surface area contributed by atoms with Crippen molar-refractivity contribution in [1.29, 1.82) is 0 Å². The van der Waals surface area contributed by atoms with Gasteiger partial charge in [-0.1, -0.05) is 42.2 Å². The third-order valence-corrected chi connectivity index (χ3v) is 7.32. The first-order valence-electron chi connectivity index (χ1n) is 12.7. The predicted molar refractivity (Wildman–Crippen MR) is 159 cm³/mol. The minimum absolute atomic E-state index is 0.138. The van der Waals surface area contributed by atoms with Crippen molar-refractivity contribution in [2.45, 2.75) is 0 Å². The molecule has 0 unspecified atom stereocenters. The number of fused-ring (bicyclic) bond motifs is 1. The summed E-state index contributed by atoms with van der Waals surface area (Å²) >= 11 is 1.19. The van der Waals surface area contributed by atoms with Gasteiger partial charge in [0.1, 0.15) is 18.1 Å². The summed E-state index contributed by atoms with van der Waals surface area (Å²) in [7, 11) is 1.38. The zero-order valence-corrected chi connectivity index (χ0v) is 23.0. The monoisotopic (exact) mass is 578 g/mol. The molecule has 208 valence electrons. The molecule has 0 atom stereocenters. The summed E-state index contributed by atoms with van der Waals surface area (Å²) in [6.07, 6.45) is 5.14. The highest BCUT2D eigenvalue weighted by Crippen LogP contribution is 2.33. The van der Waals surface area contributed by atoms with Gasteiger partial charge in [-0.15, -0.1) is 5.10 Å². The van der Waals surface area contributed by atoms with Crippen LogP contribution in [0.5, 0.6) is 11.5 Å². The number of hydrogen-bond acceptors (Lipinski definition) is 9. The zero-order chi connectivity index (χ0) is 29.2. The molecule has 0 aliphatic heterocycles. The van der Waals surface area contributed by atoms with Crippen molar-refractivity contribution in [3.05, 3.63) is 122 Å². The first kappa shape index (κ1) is 26.6. The first-order chi connectivity index (χ1) is 20.4. The van der Waals surface area contributed by atoms with Gasteiger partial charge in [-0.2, -0.15) is 14.6 Å². The maximum absolute atomic E-state index is 13.4. The summed E-state index contributed by atoms with van der Waals surface area (Å²) in [6, 6.07) is 21.3. The third-order valence-electron chi connectivity index (χ3n) is 6.36. The molecule has 0 bridgehead atoms. The van der Waals surface area contributed by atoms with Gasteiger partial charge in [0.25, 0.3) is 5.56 Å². The number of thiazole rings is 1. The van der Waals surface area contributed by atoms with E-state index < -0.39 is 4.92 Å². The number of ether oxygens (including phenoxy) is 2. The van der Waals surface area contributed by atoms with Crippen LogP contribution in [0.4, 0.5) is 5.69 Å². The molecule has 0 aliphatic rings. The molecule has 3 aromatic carbocycles. The molecule has 0 aliphatic carbocycles. The van der Waals surface area contributed by atoms with E-state index >= 15 is 0 Å². The SMILES string of the molecule is C=CCOc1ccc(-c2nc3sc(=Cc4cn(-c5ccccc5)nc4-c4ccc(OC)c([N+](=O)[O-])c4)c(=O)n3n2)cc1. The number of nitro groups is 1. The van der Waals surface area contributed by atoms with Crippen molar-refractivity contribution < 1.29 is 14.4 Å². The molecule has 0 radical (unpaired) electrons. The molecule has 0 saturated carbocycles. The van der Waals surface area contributed by atoms with E-state index in [9.17, 15) is 14.9 Å². The predicted octanol–water partition coefficient (Wildman–Crippen LogP) is 4.70. The average Bonchev–Trinajstić information content (AvgIpc) is 3.71. The molecule has 6 aromatic rings. The molecule has 0 fully saturated rings. The van der Waals surface area contributed by atoms with Crippen LogP contribution in [0.25, 0.3) is 39.4 Å². The Hall–Kier alpha value is -5.62. The minimum atomic E-state index is -0.505. The van der Waals surface area contributed by atoms with E-state index in [-0.39, 0.29) is 17.0 Å². The Kier molecular flexibility index (Phi) is 7.03. The standard InChI is InChI=1S/C30H22N6O5S/c1-3-15-41-23-12-9-19(10-13-23)28-31-30-35(33-28)29(37)26(42-30)17-21-18-34(22-7-5-4-6-8-22)32-27(21)20-11-14-25(40-2)24(16-20)36(38)39/h3-14,16-18H,1,15H2,2H3. The average molecular weight is 579 g/mol. The highest BCUT2D eigenvalue weighted by molar-refractivity contribution is 7.15. The maximum atomic E-state index is 13.4. The van der Waals surface area contributed by atoms with Crippen molar-refractivity contribution in [2.24, 2.45) is 0 Å². The quantitative estimate of drug-likeness (QED) is 0.137. The van der Waals surface area contributed by atoms with Gasteiger partial charge in [-0.25, -0.2) is 4.68 Å². The van der Waals surface area contributed by atoms with Gasteiger partial charge in [-0.05, 0) is 54.6 Å². The third kappa shape index (κ3) is 5.02. The Balaban J connectivity index is 1.43. The van der Waals surface area contributed by atoms with E-state index in [0.29, 0.717) is 44.5 Å². The molecular formula is C30H22N6O5S. The zero-order valence-electron chi connectivity index (χ0n) is 22.2. The smallest absolute Gasteiger partial charge is 0.311 e. The Bertz CT molecular complexity index is 2050. The number of nitrogens with zero attached hydrogens (tertiary/aromatic N) is 6. The fraction of sp³-hybridized carbons (Fsp3) is 0.0667. The second-order valence-electron chi connectivity index (χ2n) is 9.03. The van der Waals surface area contributed by atoms with E-state index in [0.717, 1.165) is 11.3 Å². The molecule has 12 heteroatoms. The summed E-state index contributed by atoms with van der Waals surface area (Å²) in [5.41, 5.74) is 2.56. The highest BCUT2D eigenvalue weighted by atomic mass is 32.1. The summed E-state index contributed by atoms with van der Waals surface area (Å²) in [5, 5.41) is 20.9. The maximum Gasteiger partial charge on any atom is 0.311 e. The van der Waals surface area contributed by atoms with Gasteiger partial charge in [0.2, 0.25) is 4.96 Å². The summed E-state index contributed by atoms with van der Waals surface area (Å²) < 4.78 is 14.0. The van der Waals surface area contributed by atoms with Gasteiger partial charge < -0.3 is 9.47 Å². The number of hydrogen-bond donors (Lipinski definition) is 0. The number of nitro benzene ring substituents is 1. The van der Waals surface area contributed by atoms with Crippen LogP contribution < -0.4 is 19.6 Å². The Morgan fingerprint density at radius 3 is 2.50 bits per heavy atom. The first-order valence-corrected chi connectivity index (χ1v) is 13.5. The van der Waals surface area contributed by atoms with E-state index in [4.69, 9.17) is 14.6 Å². The largest absolute Gasteiger partial charge is 0.490 e. The number of aromatic nitrogens is 5. The van der Waals surface area contributed by atoms with Gasteiger partial charge in [0.15, 0.2) is 11.6 Å². The molecule has 0 N–H and O–H groups in total. The van der Waals surface area contributed by atoms with Gasteiger partial charge in [-0.3, -0.25) is 14.9 Å². The van der Waals surface area contributed by atoms with E-state index in [2.05, 4.69) is 16.7 Å². The Morgan fingerprint density at radius 1 is 1.05 bits per heavy atom. The van der Waals surface area contributed by atoms with Crippen LogP contribution >= 0.6 is 11.3 Å². The molecule has 11 nitrogen and oxygen atoms in total. The Morgan fingerprint density at radius 2 is 1.81 bits per heavy atom. The lowest BCUT2D eigenvalue weighted by molar-refractivity contribution is -0.385. The van der Waals surface area contributed by atoms with Crippen LogP contribution in [0.2, 0.25) is 0 Å².